The Morgan fingerprint density at radius 2 is 0.907 bits per heavy atom. The summed E-state index contributed by atoms with van der Waals surface area (Å²) in [4.78, 5) is 31.9. The molecule has 13 heteroatoms. The van der Waals surface area contributed by atoms with E-state index in [0.717, 1.165) is 56.3 Å². The number of hydrogen-bond acceptors (Lipinski definition) is 13. The molecule has 0 fully saturated rings. The first kappa shape index (κ1) is 39.9. The van der Waals surface area contributed by atoms with Crippen LogP contribution in [0, 0.1) is 27.7 Å². The highest BCUT2D eigenvalue weighted by Crippen LogP contribution is 2.45. The van der Waals surface area contributed by atoms with E-state index in [1.807, 2.05) is 159 Å². The highest BCUT2D eigenvalue weighted by Gasteiger charge is 2.36. The third kappa shape index (κ3) is 9.06. The third-order valence-corrected chi connectivity index (χ3v) is 14.4. The Morgan fingerprint density at radius 1 is 0.413 bits per heavy atom. The van der Waals surface area contributed by atoms with E-state index in [-0.39, 0.29) is 18.5 Å². The summed E-state index contributed by atoms with van der Waals surface area (Å²) in [6.45, 7) is 9.32. The Hall–Kier alpha value is -8.58. The van der Waals surface area contributed by atoms with Crippen LogP contribution >= 0.6 is 0 Å². The van der Waals surface area contributed by atoms with Gasteiger partial charge in [0.1, 0.15) is 30.2 Å². The summed E-state index contributed by atoms with van der Waals surface area (Å²) in [6.07, 6.45) is 9.94. The number of hydrogen-bond donors (Lipinski definition) is 0. The van der Waals surface area contributed by atoms with Gasteiger partial charge in [-0.1, -0.05) is 84.9 Å². The van der Waals surface area contributed by atoms with Crippen LogP contribution in [-0.2, 0) is 0 Å². The van der Waals surface area contributed by atoms with E-state index in [4.69, 9.17) is 16.8 Å². The second-order valence-corrected chi connectivity index (χ2v) is 19.1. The molecule has 0 saturated carbocycles. The number of anilines is 10. The molecule has 9 aromatic rings. The Bertz CT molecular complexity index is 3590. The predicted molar refractivity (Wildman–Crippen MR) is 311 cm³/mol. The maximum Gasteiger partial charge on any atom is 0.178 e. The van der Waals surface area contributed by atoms with Gasteiger partial charge in [-0.2, -0.15) is 0 Å². The zero-order chi connectivity index (χ0) is 60.2. The van der Waals surface area contributed by atoms with Crippen molar-refractivity contribution in [1.29, 1.82) is 0 Å². The Labute approximate surface area is 454 Å². The predicted octanol–water partition coefficient (Wildman–Crippen LogP) is 13.8. The lowest BCUT2D eigenvalue weighted by atomic mass is 10.1. The van der Waals surface area contributed by atoms with Gasteiger partial charge in [0.2, 0.25) is 0 Å². The normalized spacial score (nSPS) is 20.4. The summed E-state index contributed by atoms with van der Waals surface area (Å²) < 4.78 is 76.2. The molecule has 382 valence electrons. The standard InChI is InChI=1S/C18H18N2O.2C15H17N3.C14H16N4/c1-12-8-9-15-14-6-4-5-7-16(14)21-18(15)17(12)20-11-10-19(3)13(20)2;1-11-7-4-5-8-13(11)18-12(2)17(3)15-14(18)9-6-10-16-15;1-11-7-4-5-8-13(11)18-12(2)17(3)14-9-6-10-16-15(14)18;1-10-6-4-5-7-12(10)18-11(2)17(3)13-14(18)16-9-8-15-13/h4-11,13H,1-3H3;2*4-10,12H,1-3H3;4-9,11H,1-3H3/i;3*3D3. The molecule has 0 aliphatic carbocycles. The minimum Gasteiger partial charge on any atom is -0.454 e. The maximum atomic E-state index is 7.80. The van der Waals surface area contributed by atoms with Crippen LogP contribution in [0.2, 0.25) is 0 Å². The SMILES string of the molecule is Cc1ccc2c(oc3ccccc32)c1N1C=CN(C)C1C.[2H]C([2H])([2H])N1c2cccnc2N(c2ccccc2C)C1C.[2H]C([2H])([2H])N1c2ncccc2N(c2ccccc2C)C1C.[2H]C([2H])([2H])N1c2nccnc2N(c2ccccc2C)C1C. The molecular weight excluding hydrogens is 929 g/mol. The topological polar surface area (TPSA) is 90.6 Å². The molecule has 5 aromatic carbocycles. The molecule has 0 spiro atoms. The fourth-order valence-electron chi connectivity index (χ4n) is 10.2. The van der Waals surface area contributed by atoms with Gasteiger partial charge in [0, 0.05) is 105 Å². The van der Waals surface area contributed by atoms with Crippen molar-refractivity contribution in [2.75, 3.05) is 62.3 Å². The first-order valence-electron chi connectivity index (χ1n) is 29.6. The number of para-hydroxylation sites is 4. The Balaban J connectivity index is 0.000000125. The van der Waals surface area contributed by atoms with Crippen LogP contribution < -0.4 is 34.3 Å². The molecule has 0 bridgehead atoms. The van der Waals surface area contributed by atoms with Crippen LogP contribution in [0.1, 0.15) is 62.3 Å². The van der Waals surface area contributed by atoms with Gasteiger partial charge < -0.3 is 43.6 Å². The van der Waals surface area contributed by atoms with Gasteiger partial charge in [-0.15, -0.1) is 0 Å². The lowest BCUT2D eigenvalue weighted by Gasteiger charge is -2.28. The zero-order valence-electron chi connectivity index (χ0n) is 52.8. The number of aromatic nitrogens is 4. The smallest absolute Gasteiger partial charge is 0.178 e. The van der Waals surface area contributed by atoms with Crippen molar-refractivity contribution < 1.29 is 16.8 Å². The number of nitrogens with zero attached hydrogens (tertiary/aromatic N) is 12. The molecule has 8 heterocycles. The van der Waals surface area contributed by atoms with Crippen molar-refractivity contribution in [3.05, 3.63) is 193 Å². The van der Waals surface area contributed by atoms with Crippen molar-refractivity contribution in [1.82, 2.24) is 24.8 Å². The van der Waals surface area contributed by atoms with Crippen LogP contribution in [0.4, 0.5) is 57.4 Å². The zero-order valence-corrected chi connectivity index (χ0v) is 43.8. The lowest BCUT2D eigenvalue weighted by molar-refractivity contribution is 0.383. The van der Waals surface area contributed by atoms with E-state index < -0.39 is 20.9 Å². The summed E-state index contributed by atoms with van der Waals surface area (Å²) >= 11 is 0. The van der Waals surface area contributed by atoms with Crippen molar-refractivity contribution in [2.45, 2.75) is 80.1 Å². The monoisotopic (exact) mass is 1010 g/mol. The van der Waals surface area contributed by atoms with Gasteiger partial charge in [-0.3, -0.25) is 0 Å². The second-order valence-electron chi connectivity index (χ2n) is 19.1. The van der Waals surface area contributed by atoms with E-state index in [1.54, 1.807) is 24.7 Å². The van der Waals surface area contributed by atoms with Gasteiger partial charge in [0.05, 0.1) is 17.1 Å². The van der Waals surface area contributed by atoms with Crippen molar-refractivity contribution in [3.8, 4) is 0 Å². The number of benzene rings is 5. The molecule has 4 atom stereocenters. The number of pyridine rings is 2. The minimum atomic E-state index is -2.26. The second kappa shape index (κ2) is 20.7. The summed E-state index contributed by atoms with van der Waals surface area (Å²) in [7, 11) is 2.09. The van der Waals surface area contributed by atoms with Gasteiger partial charge in [-0.05, 0) is 126 Å². The van der Waals surface area contributed by atoms with Crippen LogP contribution in [0.3, 0.4) is 0 Å². The van der Waals surface area contributed by atoms with E-state index in [1.165, 1.54) is 37.2 Å². The van der Waals surface area contributed by atoms with E-state index in [0.29, 0.717) is 35.1 Å². The summed E-state index contributed by atoms with van der Waals surface area (Å²) in [6, 6.07) is 43.7. The highest BCUT2D eigenvalue weighted by molar-refractivity contribution is 6.09. The number of furan rings is 1. The molecule has 13 rings (SSSR count). The van der Waals surface area contributed by atoms with Crippen LogP contribution in [0.15, 0.2) is 175 Å². The Kier molecular flexibility index (Phi) is 11.0. The van der Waals surface area contributed by atoms with Gasteiger partial charge in [0.25, 0.3) is 0 Å². The number of rotatable bonds is 4. The fourth-order valence-corrected chi connectivity index (χ4v) is 10.2. The summed E-state index contributed by atoms with van der Waals surface area (Å²) in [5, 5.41) is 2.36. The average Bonchev–Trinajstić information content (AvgIpc) is 2.87. The van der Waals surface area contributed by atoms with Crippen LogP contribution in [-0.4, -0.2) is 77.5 Å². The van der Waals surface area contributed by atoms with Crippen molar-refractivity contribution in [3.63, 3.8) is 0 Å². The molecule has 4 aliphatic rings. The van der Waals surface area contributed by atoms with Gasteiger partial charge in [0.15, 0.2) is 28.9 Å². The Morgan fingerprint density at radius 3 is 1.52 bits per heavy atom. The first-order chi connectivity index (χ1) is 39.9. The largest absolute Gasteiger partial charge is 0.454 e. The van der Waals surface area contributed by atoms with Gasteiger partial charge >= 0.3 is 0 Å². The molecule has 0 saturated heterocycles. The molecule has 75 heavy (non-hydrogen) atoms. The van der Waals surface area contributed by atoms with E-state index in [9.17, 15) is 0 Å². The first-order valence-corrected chi connectivity index (χ1v) is 25.1. The fraction of sp³-hybridized carbons (Fsp3) is 0.258. The quantitative estimate of drug-likeness (QED) is 0.168. The maximum absolute atomic E-state index is 7.80. The molecule has 0 N–H and O–H groups in total. The number of aryl methyl sites for hydroxylation is 4. The molecule has 13 nitrogen and oxygen atoms in total. The van der Waals surface area contributed by atoms with Crippen LogP contribution in [0.25, 0.3) is 21.9 Å². The molecular formula is C62H68N12O. The van der Waals surface area contributed by atoms with Gasteiger partial charge in [-0.25, -0.2) is 19.9 Å². The average molecular weight is 1010 g/mol. The molecule has 4 unspecified atom stereocenters. The third-order valence-electron chi connectivity index (χ3n) is 14.4. The molecule has 0 radical (unpaired) electrons. The van der Waals surface area contributed by atoms with Crippen molar-refractivity contribution in [2.24, 2.45) is 0 Å². The van der Waals surface area contributed by atoms with Crippen LogP contribution in [0.5, 0.6) is 0 Å². The lowest BCUT2D eigenvalue weighted by Crippen LogP contribution is -2.36. The molecule has 4 aromatic heterocycles. The molecule has 4 aliphatic heterocycles. The summed E-state index contributed by atoms with van der Waals surface area (Å²) in [5.41, 5.74) is 12.0. The summed E-state index contributed by atoms with van der Waals surface area (Å²) in [5.74, 6) is 2.17. The van der Waals surface area contributed by atoms with E-state index >= 15 is 0 Å². The highest BCUT2D eigenvalue weighted by atomic mass is 16.3. The minimum absolute atomic E-state index is 0.294. The molecule has 0 amide bonds. The van der Waals surface area contributed by atoms with E-state index in [2.05, 4.69) is 87.3 Å². The number of fused-ring (bicyclic) bond motifs is 6. The van der Waals surface area contributed by atoms with Crippen molar-refractivity contribution >= 4 is 79.3 Å².